The van der Waals surface area contributed by atoms with Crippen molar-refractivity contribution in [2.24, 2.45) is 0 Å². The van der Waals surface area contributed by atoms with Crippen molar-refractivity contribution in [2.45, 2.75) is 39.5 Å². The van der Waals surface area contributed by atoms with Crippen LogP contribution in [-0.2, 0) is 20.7 Å². The number of amides is 1. The number of benzene rings is 1. The summed E-state index contributed by atoms with van der Waals surface area (Å²) in [5, 5.41) is 3.52. The van der Waals surface area contributed by atoms with E-state index in [0.717, 1.165) is 16.1 Å². The zero-order chi connectivity index (χ0) is 15.7. The third-order valence-electron chi connectivity index (χ3n) is 3.06. The van der Waals surface area contributed by atoms with Gasteiger partial charge in [0.1, 0.15) is 0 Å². The molecule has 0 spiro atoms. The van der Waals surface area contributed by atoms with Crippen LogP contribution in [0.5, 0.6) is 0 Å². The van der Waals surface area contributed by atoms with Gasteiger partial charge >= 0.3 is 5.97 Å². The summed E-state index contributed by atoms with van der Waals surface area (Å²) in [6.45, 7) is 4.61. The number of esters is 1. The molecule has 0 aromatic heterocycles. The van der Waals surface area contributed by atoms with Crippen LogP contribution < -0.4 is 5.32 Å². The number of halogens is 1. The number of carbonyl (C=O) groups excluding carboxylic acids is 2. The molecule has 1 amide bonds. The van der Waals surface area contributed by atoms with Crippen LogP contribution in [0.15, 0.2) is 18.2 Å². The molecule has 0 radical (unpaired) electrons. The topological polar surface area (TPSA) is 55.4 Å². The largest absolute Gasteiger partial charge is 0.466 e. The van der Waals surface area contributed by atoms with Crippen molar-refractivity contribution in [3.63, 3.8) is 0 Å². The van der Waals surface area contributed by atoms with Gasteiger partial charge in [-0.2, -0.15) is 0 Å². The van der Waals surface area contributed by atoms with E-state index in [4.69, 9.17) is 16.3 Å². The number of aryl methyl sites for hydroxylation is 2. The molecule has 21 heavy (non-hydrogen) atoms. The molecule has 0 fully saturated rings. The first kappa shape index (κ1) is 17.5. The zero-order valence-corrected chi connectivity index (χ0v) is 13.3. The number of carbonyl (C=O) groups is 2. The Hall–Kier alpha value is -1.55. The van der Waals surface area contributed by atoms with E-state index in [1.165, 1.54) is 0 Å². The lowest BCUT2D eigenvalue weighted by Crippen LogP contribution is -2.25. The van der Waals surface area contributed by atoms with Crippen LogP contribution in [0.1, 0.15) is 37.3 Å². The van der Waals surface area contributed by atoms with Crippen molar-refractivity contribution >= 4 is 23.5 Å². The molecule has 0 heterocycles. The molecule has 0 bridgehead atoms. The summed E-state index contributed by atoms with van der Waals surface area (Å²) < 4.78 is 4.81. The second kappa shape index (κ2) is 9.40. The predicted molar refractivity (Wildman–Crippen MR) is 83.4 cm³/mol. The van der Waals surface area contributed by atoms with Gasteiger partial charge in [-0.25, -0.2) is 0 Å². The van der Waals surface area contributed by atoms with Gasteiger partial charge in [0.05, 0.1) is 6.61 Å². The Kier molecular flexibility index (Phi) is 7.83. The molecule has 1 aromatic rings. The lowest BCUT2D eigenvalue weighted by Gasteiger charge is -2.06. The van der Waals surface area contributed by atoms with Gasteiger partial charge in [0.25, 0.3) is 0 Å². The average Bonchev–Trinajstić information content (AvgIpc) is 2.45. The highest BCUT2D eigenvalue weighted by Gasteiger charge is 2.05. The predicted octanol–water partition coefficient (Wildman–Crippen LogP) is 3.04. The summed E-state index contributed by atoms with van der Waals surface area (Å²) in [6, 6.07) is 5.83. The molecule has 4 nitrogen and oxygen atoms in total. The minimum Gasteiger partial charge on any atom is -0.466 e. The quantitative estimate of drug-likeness (QED) is 0.593. The van der Waals surface area contributed by atoms with Crippen molar-refractivity contribution < 1.29 is 14.3 Å². The van der Waals surface area contributed by atoms with E-state index < -0.39 is 0 Å². The number of hydrogen-bond donors (Lipinski definition) is 1. The molecule has 116 valence electrons. The normalized spacial score (nSPS) is 10.2. The number of hydrogen-bond acceptors (Lipinski definition) is 3. The van der Waals surface area contributed by atoms with Crippen LogP contribution in [0.4, 0.5) is 0 Å². The van der Waals surface area contributed by atoms with Gasteiger partial charge in [0, 0.05) is 24.4 Å². The second-order valence-electron chi connectivity index (χ2n) is 4.84. The molecule has 0 atom stereocenters. The van der Waals surface area contributed by atoms with Crippen molar-refractivity contribution in [1.82, 2.24) is 5.32 Å². The Bertz CT molecular complexity index is 488. The van der Waals surface area contributed by atoms with Gasteiger partial charge in [-0.1, -0.05) is 23.7 Å². The van der Waals surface area contributed by atoms with Gasteiger partial charge in [-0.15, -0.1) is 0 Å². The van der Waals surface area contributed by atoms with Crippen molar-refractivity contribution in [3.8, 4) is 0 Å². The molecular weight excluding hydrogens is 290 g/mol. The van der Waals surface area contributed by atoms with Crippen LogP contribution in [0.25, 0.3) is 0 Å². The minimum atomic E-state index is -0.221. The molecule has 0 saturated carbocycles. The third-order valence-corrected chi connectivity index (χ3v) is 3.47. The summed E-state index contributed by atoms with van der Waals surface area (Å²) in [7, 11) is 0. The highest BCUT2D eigenvalue weighted by atomic mass is 35.5. The van der Waals surface area contributed by atoms with Crippen LogP contribution in [0, 0.1) is 6.92 Å². The van der Waals surface area contributed by atoms with Crippen LogP contribution in [0.2, 0.25) is 5.02 Å². The van der Waals surface area contributed by atoms with E-state index in [1.807, 2.05) is 25.1 Å². The summed E-state index contributed by atoms with van der Waals surface area (Å²) >= 11 is 6.04. The first-order valence-electron chi connectivity index (χ1n) is 7.20. The first-order chi connectivity index (χ1) is 10.0. The highest BCUT2D eigenvalue weighted by molar-refractivity contribution is 6.31. The zero-order valence-electron chi connectivity index (χ0n) is 12.6. The summed E-state index contributed by atoms with van der Waals surface area (Å²) in [5.41, 5.74) is 2.08. The van der Waals surface area contributed by atoms with Crippen LogP contribution >= 0.6 is 11.6 Å². The second-order valence-corrected chi connectivity index (χ2v) is 5.25. The maximum Gasteiger partial charge on any atom is 0.305 e. The van der Waals surface area contributed by atoms with E-state index >= 15 is 0 Å². The van der Waals surface area contributed by atoms with Gasteiger partial charge < -0.3 is 10.1 Å². The number of rotatable bonds is 8. The fourth-order valence-electron chi connectivity index (χ4n) is 1.83. The maximum atomic E-state index is 11.7. The molecule has 0 aliphatic rings. The molecule has 0 unspecified atom stereocenters. The Labute approximate surface area is 130 Å². The van der Waals surface area contributed by atoms with Gasteiger partial charge in [0.2, 0.25) is 5.91 Å². The van der Waals surface area contributed by atoms with E-state index in [2.05, 4.69) is 5.32 Å². The number of ether oxygens (including phenoxy) is 1. The standard InChI is InChI=1S/C16H22ClNO3/c1-3-21-16(20)5-4-10-18-15(19)9-8-13-7-6-12(2)14(17)11-13/h6-7,11H,3-5,8-10H2,1-2H3,(H,18,19). The summed E-state index contributed by atoms with van der Waals surface area (Å²) in [5.74, 6) is -0.239. The smallest absolute Gasteiger partial charge is 0.305 e. The Morgan fingerprint density at radius 2 is 2.05 bits per heavy atom. The lowest BCUT2D eigenvalue weighted by molar-refractivity contribution is -0.143. The summed E-state index contributed by atoms with van der Waals surface area (Å²) in [6.07, 6.45) is 2.01. The maximum absolute atomic E-state index is 11.7. The molecule has 1 aromatic carbocycles. The fourth-order valence-corrected chi connectivity index (χ4v) is 2.03. The first-order valence-corrected chi connectivity index (χ1v) is 7.58. The Morgan fingerprint density at radius 1 is 1.29 bits per heavy atom. The van der Waals surface area contributed by atoms with Crippen LogP contribution in [-0.4, -0.2) is 25.0 Å². The van der Waals surface area contributed by atoms with E-state index in [9.17, 15) is 9.59 Å². The highest BCUT2D eigenvalue weighted by Crippen LogP contribution is 2.17. The molecule has 5 heteroatoms. The summed E-state index contributed by atoms with van der Waals surface area (Å²) in [4.78, 5) is 22.8. The monoisotopic (exact) mass is 311 g/mol. The molecule has 0 saturated heterocycles. The molecular formula is C16H22ClNO3. The SMILES string of the molecule is CCOC(=O)CCCNC(=O)CCc1ccc(C)c(Cl)c1. The van der Waals surface area contributed by atoms with Crippen molar-refractivity contribution in [2.75, 3.05) is 13.2 Å². The Balaban J connectivity index is 2.19. The minimum absolute atomic E-state index is 0.0180. The number of nitrogens with one attached hydrogen (secondary N) is 1. The van der Waals surface area contributed by atoms with E-state index in [-0.39, 0.29) is 11.9 Å². The third kappa shape index (κ3) is 7.14. The molecule has 1 N–H and O–H groups in total. The molecule has 0 aliphatic heterocycles. The lowest BCUT2D eigenvalue weighted by atomic mass is 10.1. The van der Waals surface area contributed by atoms with Crippen molar-refractivity contribution in [1.29, 1.82) is 0 Å². The van der Waals surface area contributed by atoms with E-state index in [0.29, 0.717) is 38.8 Å². The van der Waals surface area contributed by atoms with Gasteiger partial charge in [-0.3, -0.25) is 9.59 Å². The van der Waals surface area contributed by atoms with E-state index in [1.54, 1.807) is 6.92 Å². The van der Waals surface area contributed by atoms with Crippen molar-refractivity contribution in [3.05, 3.63) is 34.3 Å². The fraction of sp³-hybridized carbons (Fsp3) is 0.500. The van der Waals surface area contributed by atoms with Gasteiger partial charge in [0.15, 0.2) is 0 Å². The molecule has 0 aliphatic carbocycles. The average molecular weight is 312 g/mol. The van der Waals surface area contributed by atoms with Crippen LogP contribution in [0.3, 0.4) is 0 Å². The Morgan fingerprint density at radius 3 is 2.71 bits per heavy atom. The van der Waals surface area contributed by atoms with Gasteiger partial charge in [-0.05, 0) is 43.9 Å². The molecule has 1 rings (SSSR count).